The van der Waals surface area contributed by atoms with Crippen LogP contribution in [-0.2, 0) is 4.79 Å². The Hall–Kier alpha value is -2.81. The molecule has 1 amide bonds. The van der Waals surface area contributed by atoms with Crippen LogP contribution in [0.5, 0.6) is 5.75 Å². The Morgan fingerprint density at radius 2 is 1.96 bits per heavy atom. The highest BCUT2D eigenvalue weighted by Gasteiger charge is 2.17. The van der Waals surface area contributed by atoms with E-state index in [9.17, 15) is 4.79 Å². The molecule has 3 rings (SSSR count). The summed E-state index contributed by atoms with van der Waals surface area (Å²) in [6.07, 6.45) is 0. The zero-order valence-corrected chi connectivity index (χ0v) is 16.4. The summed E-state index contributed by atoms with van der Waals surface area (Å²) in [5, 5.41) is 16.0. The lowest BCUT2D eigenvalue weighted by molar-refractivity contribution is -0.118. The Morgan fingerprint density at radius 3 is 2.63 bits per heavy atom. The summed E-state index contributed by atoms with van der Waals surface area (Å²) in [6, 6.07) is 7.22. The molecule has 0 aliphatic carbocycles. The molecular formula is C18H21N5O3S. The fourth-order valence-electron chi connectivity index (χ4n) is 2.17. The van der Waals surface area contributed by atoms with E-state index in [0.29, 0.717) is 28.2 Å². The minimum Gasteiger partial charge on any atom is -0.483 e. The monoisotopic (exact) mass is 387 g/mol. The second kappa shape index (κ2) is 8.26. The summed E-state index contributed by atoms with van der Waals surface area (Å²) in [4.78, 5) is 16.5. The molecule has 0 bridgehead atoms. The van der Waals surface area contributed by atoms with Crippen molar-refractivity contribution in [1.29, 1.82) is 0 Å². The molecule has 0 radical (unpaired) electrons. The molecule has 1 N–H and O–H groups in total. The van der Waals surface area contributed by atoms with Crippen molar-refractivity contribution in [2.45, 2.75) is 39.5 Å². The summed E-state index contributed by atoms with van der Waals surface area (Å²) in [5.74, 6) is 1.58. The molecule has 0 aliphatic heterocycles. The molecule has 8 nitrogen and oxygen atoms in total. The third kappa shape index (κ3) is 4.68. The van der Waals surface area contributed by atoms with Gasteiger partial charge in [-0.3, -0.25) is 10.1 Å². The summed E-state index contributed by atoms with van der Waals surface area (Å²) in [6.45, 7) is 7.85. The standard InChI is InChI=1S/C18H21N5O3S/c1-10(2)15-20-16(26-23-15)12-7-5-6-8-13(12)25-9-14(24)19-18-22-21-17(27-18)11(3)4/h5-8,10-11H,9H2,1-4H3,(H,19,22,24). The third-order valence-electron chi connectivity index (χ3n) is 3.62. The van der Waals surface area contributed by atoms with Crippen LogP contribution in [0.15, 0.2) is 28.8 Å². The first-order valence-electron chi connectivity index (χ1n) is 8.63. The number of amides is 1. The number of hydrogen-bond donors (Lipinski definition) is 1. The highest BCUT2D eigenvalue weighted by atomic mass is 32.1. The van der Waals surface area contributed by atoms with Crippen LogP contribution >= 0.6 is 11.3 Å². The van der Waals surface area contributed by atoms with Crippen molar-refractivity contribution < 1.29 is 14.1 Å². The largest absolute Gasteiger partial charge is 0.483 e. The van der Waals surface area contributed by atoms with Gasteiger partial charge in [-0.2, -0.15) is 4.98 Å². The number of carbonyl (C=O) groups is 1. The third-order valence-corrected chi connectivity index (χ3v) is 4.75. The Balaban J connectivity index is 1.66. The molecule has 0 aliphatic rings. The smallest absolute Gasteiger partial charge is 0.264 e. The fraction of sp³-hybridized carbons (Fsp3) is 0.389. The minimum absolute atomic E-state index is 0.156. The predicted octanol–water partition coefficient (Wildman–Crippen LogP) is 3.85. The van der Waals surface area contributed by atoms with Crippen molar-refractivity contribution in [3.05, 3.63) is 35.1 Å². The maximum Gasteiger partial charge on any atom is 0.264 e. The van der Waals surface area contributed by atoms with E-state index in [1.807, 2.05) is 45.9 Å². The number of benzene rings is 1. The molecule has 3 aromatic rings. The second-order valence-electron chi connectivity index (χ2n) is 6.55. The van der Waals surface area contributed by atoms with Crippen LogP contribution in [0.3, 0.4) is 0 Å². The first kappa shape index (κ1) is 19.0. The minimum atomic E-state index is -0.315. The first-order valence-corrected chi connectivity index (χ1v) is 9.44. The van der Waals surface area contributed by atoms with Gasteiger partial charge >= 0.3 is 0 Å². The highest BCUT2D eigenvalue weighted by Crippen LogP contribution is 2.29. The number of nitrogens with one attached hydrogen (secondary N) is 1. The molecule has 0 saturated carbocycles. The summed E-state index contributed by atoms with van der Waals surface area (Å²) in [7, 11) is 0. The van der Waals surface area contributed by atoms with Crippen LogP contribution in [0.2, 0.25) is 0 Å². The van der Waals surface area contributed by atoms with Crippen molar-refractivity contribution in [1.82, 2.24) is 20.3 Å². The number of ether oxygens (including phenoxy) is 1. The summed E-state index contributed by atoms with van der Waals surface area (Å²) < 4.78 is 11.0. The SMILES string of the molecule is CC(C)c1noc(-c2ccccc2OCC(=O)Nc2nnc(C(C)C)s2)n1. The number of hydrogen-bond acceptors (Lipinski definition) is 8. The van der Waals surface area contributed by atoms with E-state index >= 15 is 0 Å². The second-order valence-corrected chi connectivity index (χ2v) is 7.55. The van der Waals surface area contributed by atoms with Gasteiger partial charge in [0.1, 0.15) is 10.8 Å². The van der Waals surface area contributed by atoms with Crippen LogP contribution < -0.4 is 10.1 Å². The number of para-hydroxylation sites is 1. The van der Waals surface area contributed by atoms with E-state index in [2.05, 4.69) is 25.7 Å². The summed E-state index contributed by atoms with van der Waals surface area (Å²) >= 11 is 1.35. The molecule has 1 aromatic carbocycles. The lowest BCUT2D eigenvalue weighted by atomic mass is 10.2. The zero-order chi connectivity index (χ0) is 19.4. The molecule has 142 valence electrons. The van der Waals surface area contributed by atoms with Crippen LogP contribution in [-0.4, -0.2) is 32.9 Å². The lowest BCUT2D eigenvalue weighted by Crippen LogP contribution is -2.20. The Kier molecular flexibility index (Phi) is 5.80. The number of aromatic nitrogens is 4. The molecule has 0 atom stereocenters. The maximum atomic E-state index is 12.2. The van der Waals surface area contributed by atoms with Gasteiger partial charge < -0.3 is 9.26 Å². The van der Waals surface area contributed by atoms with Crippen molar-refractivity contribution in [3.63, 3.8) is 0 Å². The van der Waals surface area contributed by atoms with Gasteiger partial charge in [0, 0.05) is 11.8 Å². The van der Waals surface area contributed by atoms with Gasteiger partial charge in [0.05, 0.1) is 5.56 Å². The van der Waals surface area contributed by atoms with Crippen LogP contribution in [0.25, 0.3) is 11.5 Å². The Labute approximate surface area is 161 Å². The number of anilines is 1. The average Bonchev–Trinajstić information content (AvgIpc) is 3.30. The zero-order valence-electron chi connectivity index (χ0n) is 15.6. The van der Waals surface area contributed by atoms with E-state index in [0.717, 1.165) is 5.01 Å². The van der Waals surface area contributed by atoms with E-state index in [-0.39, 0.29) is 24.3 Å². The fourth-order valence-corrected chi connectivity index (χ4v) is 2.93. The van der Waals surface area contributed by atoms with Gasteiger partial charge in [-0.15, -0.1) is 10.2 Å². The highest BCUT2D eigenvalue weighted by molar-refractivity contribution is 7.15. The van der Waals surface area contributed by atoms with Crippen LogP contribution in [0.1, 0.15) is 50.4 Å². The van der Waals surface area contributed by atoms with E-state index < -0.39 is 0 Å². The quantitative estimate of drug-likeness (QED) is 0.656. The predicted molar refractivity (Wildman–Crippen MR) is 102 cm³/mol. The van der Waals surface area contributed by atoms with Crippen LogP contribution in [0, 0.1) is 0 Å². The number of carbonyl (C=O) groups excluding carboxylic acids is 1. The van der Waals surface area contributed by atoms with Crippen molar-refractivity contribution in [2.24, 2.45) is 0 Å². The van der Waals surface area contributed by atoms with Gasteiger partial charge in [0.25, 0.3) is 11.8 Å². The van der Waals surface area contributed by atoms with Crippen molar-refractivity contribution in [3.8, 4) is 17.2 Å². The molecule has 0 spiro atoms. The van der Waals surface area contributed by atoms with Gasteiger partial charge in [-0.1, -0.05) is 56.3 Å². The van der Waals surface area contributed by atoms with Gasteiger partial charge in [-0.05, 0) is 12.1 Å². The maximum absolute atomic E-state index is 12.2. The van der Waals surface area contributed by atoms with Gasteiger partial charge in [-0.25, -0.2) is 0 Å². The van der Waals surface area contributed by atoms with E-state index in [1.165, 1.54) is 11.3 Å². The molecule has 0 fully saturated rings. The molecule has 2 aromatic heterocycles. The number of nitrogens with zero attached hydrogens (tertiary/aromatic N) is 4. The Morgan fingerprint density at radius 1 is 1.19 bits per heavy atom. The lowest BCUT2D eigenvalue weighted by Gasteiger charge is -2.08. The first-order chi connectivity index (χ1) is 12.9. The van der Waals surface area contributed by atoms with Gasteiger partial charge in [0.2, 0.25) is 5.13 Å². The van der Waals surface area contributed by atoms with Crippen LogP contribution in [0.4, 0.5) is 5.13 Å². The van der Waals surface area contributed by atoms with E-state index in [1.54, 1.807) is 6.07 Å². The average molecular weight is 387 g/mol. The Bertz CT molecular complexity index is 919. The van der Waals surface area contributed by atoms with Crippen molar-refractivity contribution >= 4 is 22.4 Å². The van der Waals surface area contributed by atoms with Crippen molar-refractivity contribution in [2.75, 3.05) is 11.9 Å². The number of rotatable bonds is 7. The molecular weight excluding hydrogens is 366 g/mol. The van der Waals surface area contributed by atoms with Gasteiger partial charge in [0.15, 0.2) is 12.4 Å². The molecule has 2 heterocycles. The normalized spacial score (nSPS) is 11.2. The molecule has 0 saturated heterocycles. The topological polar surface area (TPSA) is 103 Å². The van der Waals surface area contributed by atoms with E-state index in [4.69, 9.17) is 9.26 Å². The molecule has 0 unspecified atom stereocenters. The molecule has 9 heteroatoms. The summed E-state index contributed by atoms with van der Waals surface area (Å²) in [5.41, 5.74) is 0.641. The molecule has 27 heavy (non-hydrogen) atoms.